The number of ether oxygens (including phenoxy) is 1. The molecule has 0 spiro atoms. The van der Waals surface area contributed by atoms with Crippen molar-refractivity contribution in [2.24, 2.45) is 5.92 Å². The van der Waals surface area contributed by atoms with Gasteiger partial charge in [-0.25, -0.2) is 4.98 Å². The first-order chi connectivity index (χ1) is 12.2. The van der Waals surface area contributed by atoms with Crippen molar-refractivity contribution >= 4 is 0 Å². The average Bonchev–Trinajstić information content (AvgIpc) is 2.96. The molecule has 3 rings (SSSR count). The highest BCUT2D eigenvalue weighted by Gasteiger charge is 2.22. The summed E-state index contributed by atoms with van der Waals surface area (Å²) in [6.45, 7) is 8.85. The first-order valence-corrected chi connectivity index (χ1v) is 9.56. The van der Waals surface area contributed by atoms with Gasteiger partial charge < -0.3 is 9.30 Å². The predicted molar refractivity (Wildman–Crippen MR) is 102 cm³/mol. The van der Waals surface area contributed by atoms with E-state index in [1.807, 2.05) is 12.3 Å². The molecule has 4 nitrogen and oxygen atoms in total. The first kappa shape index (κ1) is 18.0. The zero-order valence-corrected chi connectivity index (χ0v) is 15.9. The molecule has 1 aliphatic rings. The molecule has 0 saturated carbocycles. The van der Waals surface area contributed by atoms with Crippen LogP contribution in [0.3, 0.4) is 0 Å². The molecule has 0 amide bonds. The van der Waals surface area contributed by atoms with E-state index in [-0.39, 0.29) is 0 Å². The Labute approximate surface area is 151 Å². The van der Waals surface area contributed by atoms with Crippen LogP contribution in [0.1, 0.15) is 43.3 Å². The van der Waals surface area contributed by atoms with E-state index >= 15 is 0 Å². The second-order valence-corrected chi connectivity index (χ2v) is 7.27. The van der Waals surface area contributed by atoms with Crippen LogP contribution in [0.5, 0.6) is 5.75 Å². The molecule has 1 aliphatic heterocycles. The van der Waals surface area contributed by atoms with Crippen LogP contribution in [-0.2, 0) is 19.5 Å². The number of nitrogens with zero attached hydrogens (tertiary/aromatic N) is 3. The van der Waals surface area contributed by atoms with Gasteiger partial charge in [-0.3, -0.25) is 4.90 Å². The van der Waals surface area contributed by atoms with Gasteiger partial charge in [-0.05, 0) is 56.3 Å². The number of hydrogen-bond acceptors (Lipinski definition) is 3. The van der Waals surface area contributed by atoms with Crippen LogP contribution in [0, 0.1) is 12.8 Å². The SMILES string of the molecule is CCCn1c(C)cnc1CC1CCCN(Cc2cccc(OC)c2)C1. The lowest BCUT2D eigenvalue weighted by atomic mass is 9.94. The van der Waals surface area contributed by atoms with E-state index in [4.69, 9.17) is 4.74 Å². The Morgan fingerprint density at radius 3 is 3.00 bits per heavy atom. The van der Waals surface area contributed by atoms with Gasteiger partial charge in [0.15, 0.2) is 0 Å². The molecule has 1 aromatic carbocycles. The van der Waals surface area contributed by atoms with Crippen LogP contribution in [-0.4, -0.2) is 34.7 Å². The third kappa shape index (κ3) is 4.63. The van der Waals surface area contributed by atoms with E-state index in [0.29, 0.717) is 5.92 Å². The zero-order chi connectivity index (χ0) is 17.6. The smallest absolute Gasteiger partial charge is 0.119 e. The molecule has 1 saturated heterocycles. The minimum Gasteiger partial charge on any atom is -0.497 e. The minimum atomic E-state index is 0.705. The summed E-state index contributed by atoms with van der Waals surface area (Å²) >= 11 is 0. The monoisotopic (exact) mass is 341 g/mol. The van der Waals surface area contributed by atoms with Crippen LogP contribution < -0.4 is 4.74 Å². The number of aromatic nitrogens is 2. The van der Waals surface area contributed by atoms with Crippen molar-refractivity contribution in [3.8, 4) is 5.75 Å². The number of aryl methyl sites for hydroxylation is 1. The number of rotatable bonds is 7. The summed E-state index contributed by atoms with van der Waals surface area (Å²) < 4.78 is 7.76. The number of likely N-dealkylation sites (tertiary alicyclic amines) is 1. The lowest BCUT2D eigenvalue weighted by Crippen LogP contribution is -2.36. The Kier molecular flexibility index (Phi) is 6.14. The Morgan fingerprint density at radius 2 is 2.20 bits per heavy atom. The van der Waals surface area contributed by atoms with Gasteiger partial charge in [0.05, 0.1) is 7.11 Å². The van der Waals surface area contributed by atoms with E-state index in [1.54, 1.807) is 7.11 Å². The molecule has 1 atom stereocenters. The highest BCUT2D eigenvalue weighted by Crippen LogP contribution is 2.23. The molecule has 0 radical (unpaired) electrons. The van der Waals surface area contributed by atoms with E-state index in [0.717, 1.165) is 38.2 Å². The van der Waals surface area contributed by atoms with Gasteiger partial charge in [0.25, 0.3) is 0 Å². The molecule has 0 aliphatic carbocycles. The third-order valence-electron chi connectivity index (χ3n) is 5.20. The maximum absolute atomic E-state index is 5.35. The summed E-state index contributed by atoms with van der Waals surface area (Å²) in [5.74, 6) is 2.92. The zero-order valence-electron chi connectivity index (χ0n) is 15.9. The van der Waals surface area contributed by atoms with Crippen LogP contribution in [0.15, 0.2) is 30.5 Å². The maximum Gasteiger partial charge on any atom is 0.119 e. The number of hydrogen-bond donors (Lipinski definition) is 0. The first-order valence-electron chi connectivity index (χ1n) is 9.56. The highest BCUT2D eigenvalue weighted by atomic mass is 16.5. The molecule has 25 heavy (non-hydrogen) atoms. The van der Waals surface area contributed by atoms with Crippen LogP contribution in [0.25, 0.3) is 0 Å². The van der Waals surface area contributed by atoms with Crippen molar-refractivity contribution in [2.75, 3.05) is 20.2 Å². The number of imidazole rings is 1. The van der Waals surface area contributed by atoms with E-state index in [9.17, 15) is 0 Å². The summed E-state index contributed by atoms with van der Waals surface area (Å²) in [7, 11) is 1.73. The fourth-order valence-corrected chi connectivity index (χ4v) is 3.95. The van der Waals surface area contributed by atoms with Crippen molar-refractivity contribution in [2.45, 2.75) is 52.6 Å². The molecular weight excluding hydrogens is 310 g/mol. The molecule has 4 heteroatoms. The lowest BCUT2D eigenvalue weighted by Gasteiger charge is -2.32. The average molecular weight is 341 g/mol. The standard InChI is InChI=1S/C21H31N3O/c1-4-10-24-17(2)14-22-21(24)13-19-8-6-11-23(16-19)15-18-7-5-9-20(12-18)25-3/h5,7,9,12,14,19H,4,6,8,10-11,13,15-16H2,1-3H3. The Bertz CT molecular complexity index is 680. The molecule has 1 fully saturated rings. The normalized spacial score (nSPS) is 18.4. The summed E-state index contributed by atoms with van der Waals surface area (Å²) in [5, 5.41) is 0. The molecule has 2 aromatic rings. The second-order valence-electron chi connectivity index (χ2n) is 7.27. The molecule has 0 bridgehead atoms. The van der Waals surface area contributed by atoms with Crippen molar-refractivity contribution < 1.29 is 4.74 Å². The molecule has 2 heterocycles. The molecular formula is C21H31N3O. The van der Waals surface area contributed by atoms with Crippen molar-refractivity contribution in [1.82, 2.24) is 14.5 Å². The van der Waals surface area contributed by atoms with E-state index < -0.39 is 0 Å². The molecule has 0 N–H and O–H groups in total. The van der Waals surface area contributed by atoms with Gasteiger partial charge in [0.2, 0.25) is 0 Å². The van der Waals surface area contributed by atoms with E-state index in [1.165, 1.54) is 36.5 Å². The Balaban J connectivity index is 1.61. The number of piperidine rings is 1. The van der Waals surface area contributed by atoms with Crippen molar-refractivity contribution in [1.29, 1.82) is 0 Å². The van der Waals surface area contributed by atoms with Gasteiger partial charge in [-0.15, -0.1) is 0 Å². The third-order valence-corrected chi connectivity index (χ3v) is 5.20. The fourth-order valence-electron chi connectivity index (χ4n) is 3.95. The summed E-state index contributed by atoms with van der Waals surface area (Å²) in [6, 6.07) is 8.45. The number of methoxy groups -OCH3 is 1. The Morgan fingerprint density at radius 1 is 1.32 bits per heavy atom. The van der Waals surface area contributed by atoms with Gasteiger partial charge in [-0.2, -0.15) is 0 Å². The van der Waals surface area contributed by atoms with Crippen LogP contribution in [0.2, 0.25) is 0 Å². The van der Waals surface area contributed by atoms with Crippen molar-refractivity contribution in [3.63, 3.8) is 0 Å². The minimum absolute atomic E-state index is 0.705. The quantitative estimate of drug-likeness (QED) is 0.761. The fraction of sp³-hybridized carbons (Fsp3) is 0.571. The maximum atomic E-state index is 5.35. The van der Waals surface area contributed by atoms with Gasteiger partial charge in [-0.1, -0.05) is 19.1 Å². The topological polar surface area (TPSA) is 30.3 Å². The summed E-state index contributed by atoms with van der Waals surface area (Å²) in [4.78, 5) is 7.27. The molecule has 136 valence electrons. The largest absolute Gasteiger partial charge is 0.497 e. The molecule has 1 unspecified atom stereocenters. The summed E-state index contributed by atoms with van der Waals surface area (Å²) in [5.41, 5.74) is 2.63. The summed E-state index contributed by atoms with van der Waals surface area (Å²) in [6.07, 6.45) is 6.88. The van der Waals surface area contributed by atoms with Gasteiger partial charge in [0.1, 0.15) is 11.6 Å². The van der Waals surface area contributed by atoms with Crippen LogP contribution in [0.4, 0.5) is 0 Å². The predicted octanol–water partition coefficient (Wildman–Crippen LogP) is 4.06. The van der Waals surface area contributed by atoms with Crippen molar-refractivity contribution in [3.05, 3.63) is 47.5 Å². The van der Waals surface area contributed by atoms with Gasteiger partial charge >= 0.3 is 0 Å². The second kappa shape index (κ2) is 8.52. The highest BCUT2D eigenvalue weighted by molar-refractivity contribution is 5.28. The Hall–Kier alpha value is -1.81. The molecule has 1 aromatic heterocycles. The number of benzene rings is 1. The lowest BCUT2D eigenvalue weighted by molar-refractivity contribution is 0.165. The van der Waals surface area contributed by atoms with Gasteiger partial charge in [0, 0.05) is 37.9 Å². The van der Waals surface area contributed by atoms with Crippen LogP contribution >= 0.6 is 0 Å². The van der Waals surface area contributed by atoms with E-state index in [2.05, 4.69) is 46.5 Å².